The number of ether oxygens (including phenoxy) is 1. The van der Waals surface area contributed by atoms with E-state index in [-0.39, 0.29) is 0 Å². The summed E-state index contributed by atoms with van der Waals surface area (Å²) >= 11 is 0. The van der Waals surface area contributed by atoms with E-state index in [1.165, 1.54) is 32.4 Å². The summed E-state index contributed by atoms with van der Waals surface area (Å²) in [6.07, 6.45) is 7.88. The van der Waals surface area contributed by atoms with Crippen molar-refractivity contribution in [3.8, 4) is 5.75 Å². The molecule has 0 saturated carbocycles. The van der Waals surface area contributed by atoms with E-state index in [9.17, 15) is 5.11 Å². The lowest BCUT2D eigenvalue weighted by molar-refractivity contribution is -0.905. The Morgan fingerprint density at radius 1 is 1.09 bits per heavy atom. The van der Waals surface area contributed by atoms with E-state index in [0.717, 1.165) is 50.1 Å². The number of likely N-dealkylation sites (tertiary alicyclic amines) is 1. The molecule has 0 amide bonds. The van der Waals surface area contributed by atoms with Crippen LogP contribution in [-0.4, -0.2) is 31.3 Å². The molecule has 0 aliphatic carbocycles. The first kappa shape index (κ1) is 18.3. The molecule has 130 valence electrons. The smallest absolute Gasteiger partial charge is 0.119 e. The second-order valence-corrected chi connectivity index (χ2v) is 6.92. The average Bonchev–Trinajstić information content (AvgIpc) is 2.61. The Bertz CT molecular complexity index is 439. The summed E-state index contributed by atoms with van der Waals surface area (Å²) in [6, 6.07) is 8.07. The summed E-state index contributed by atoms with van der Waals surface area (Å²) in [4.78, 5) is 1.66. The van der Waals surface area contributed by atoms with E-state index in [1.807, 2.05) is 24.3 Å². The predicted molar refractivity (Wildman–Crippen MR) is 95.1 cm³/mol. The molecule has 1 atom stereocenters. The maximum Gasteiger partial charge on any atom is 0.119 e. The molecule has 1 aliphatic rings. The van der Waals surface area contributed by atoms with Crippen LogP contribution in [-0.2, 0) is 5.60 Å². The lowest BCUT2D eigenvalue weighted by Gasteiger charge is -2.31. The molecule has 1 fully saturated rings. The van der Waals surface area contributed by atoms with Crippen molar-refractivity contribution in [3.05, 3.63) is 29.8 Å². The quantitative estimate of drug-likeness (QED) is 0.686. The van der Waals surface area contributed by atoms with Crippen LogP contribution in [0.25, 0.3) is 0 Å². The van der Waals surface area contributed by atoms with Crippen molar-refractivity contribution in [1.29, 1.82) is 0 Å². The highest BCUT2D eigenvalue weighted by Gasteiger charge is 2.29. The molecule has 3 nitrogen and oxygen atoms in total. The Balaban J connectivity index is 1.91. The molecule has 0 spiro atoms. The van der Waals surface area contributed by atoms with E-state index in [0.29, 0.717) is 0 Å². The van der Waals surface area contributed by atoms with Crippen molar-refractivity contribution in [2.75, 3.05) is 26.2 Å². The lowest BCUT2D eigenvalue weighted by Crippen LogP contribution is -3.13. The fraction of sp³-hybridized carbons (Fsp3) is 0.700. The highest BCUT2D eigenvalue weighted by Crippen LogP contribution is 2.29. The zero-order valence-electron chi connectivity index (χ0n) is 14.9. The molecule has 23 heavy (non-hydrogen) atoms. The molecule has 2 rings (SSSR count). The number of nitrogens with one attached hydrogen (secondary N) is 1. The maximum absolute atomic E-state index is 11.1. The van der Waals surface area contributed by atoms with Gasteiger partial charge >= 0.3 is 0 Å². The van der Waals surface area contributed by atoms with E-state index in [4.69, 9.17) is 4.74 Å². The highest BCUT2D eigenvalue weighted by molar-refractivity contribution is 5.30. The van der Waals surface area contributed by atoms with Gasteiger partial charge in [-0.05, 0) is 49.8 Å². The van der Waals surface area contributed by atoms with Gasteiger partial charge in [-0.15, -0.1) is 0 Å². The molecule has 0 aromatic heterocycles. The fourth-order valence-electron chi connectivity index (χ4n) is 3.41. The van der Waals surface area contributed by atoms with Crippen LogP contribution in [0.4, 0.5) is 0 Å². The van der Waals surface area contributed by atoms with Crippen molar-refractivity contribution >= 4 is 0 Å². The fourth-order valence-corrected chi connectivity index (χ4v) is 3.41. The second-order valence-electron chi connectivity index (χ2n) is 6.92. The third-order valence-electron chi connectivity index (χ3n) is 5.20. The van der Waals surface area contributed by atoms with Gasteiger partial charge in [0.05, 0.1) is 31.8 Å². The summed E-state index contributed by atoms with van der Waals surface area (Å²) in [5, 5.41) is 11.1. The van der Waals surface area contributed by atoms with Gasteiger partial charge in [0.15, 0.2) is 0 Å². The number of hydrogen-bond acceptors (Lipinski definition) is 2. The minimum atomic E-state index is -0.702. The number of hydrogen-bond donors (Lipinski definition) is 2. The third-order valence-corrected chi connectivity index (χ3v) is 5.20. The first-order chi connectivity index (χ1) is 11.2. The van der Waals surface area contributed by atoms with Crippen molar-refractivity contribution in [1.82, 2.24) is 0 Å². The number of unbranched alkanes of at least 4 members (excludes halogenated alkanes) is 1. The number of quaternary nitrogens is 1. The molecule has 3 heteroatoms. The van der Waals surface area contributed by atoms with Gasteiger partial charge < -0.3 is 14.7 Å². The maximum atomic E-state index is 11.1. The molecule has 1 heterocycles. The molecule has 2 N–H and O–H groups in total. The van der Waals surface area contributed by atoms with Gasteiger partial charge in [-0.2, -0.15) is 0 Å². The Morgan fingerprint density at radius 2 is 1.78 bits per heavy atom. The van der Waals surface area contributed by atoms with E-state index in [2.05, 4.69) is 13.8 Å². The van der Waals surface area contributed by atoms with Crippen LogP contribution < -0.4 is 9.64 Å². The molecular formula is C20H34NO2+. The lowest BCUT2D eigenvalue weighted by atomic mass is 9.87. The molecule has 1 aromatic rings. The number of benzene rings is 1. The summed E-state index contributed by atoms with van der Waals surface area (Å²) < 4.78 is 5.72. The van der Waals surface area contributed by atoms with Crippen LogP contribution in [0.2, 0.25) is 0 Å². The first-order valence-electron chi connectivity index (χ1n) is 9.47. The highest BCUT2D eigenvalue weighted by atomic mass is 16.5. The van der Waals surface area contributed by atoms with Gasteiger partial charge in [-0.3, -0.25) is 0 Å². The van der Waals surface area contributed by atoms with Gasteiger partial charge in [0.25, 0.3) is 0 Å². The van der Waals surface area contributed by atoms with Gasteiger partial charge in [0, 0.05) is 6.42 Å². The average molecular weight is 320 g/mol. The van der Waals surface area contributed by atoms with E-state index in [1.54, 1.807) is 4.90 Å². The third kappa shape index (κ3) is 5.50. The van der Waals surface area contributed by atoms with Crippen molar-refractivity contribution in [3.63, 3.8) is 0 Å². The molecule has 0 unspecified atom stereocenters. The standard InChI is InChI=1S/C20H33NO2/c1-3-5-17-23-19-11-9-18(10-12-19)20(22,4-2)13-16-21-14-7-6-8-15-21/h9-12,22H,3-8,13-17H2,1-2H3/p+1/t20-/m1/s1. The van der Waals surface area contributed by atoms with Gasteiger partial charge in [0.2, 0.25) is 0 Å². The number of piperidine rings is 1. The molecular weight excluding hydrogens is 286 g/mol. The Kier molecular flexibility index (Phi) is 7.38. The SMILES string of the molecule is CCCCOc1ccc([C@@](O)(CC)CC[NH+]2CCCCC2)cc1. The zero-order valence-corrected chi connectivity index (χ0v) is 14.9. The Labute approximate surface area is 141 Å². The Hall–Kier alpha value is -1.06. The van der Waals surface area contributed by atoms with Crippen LogP contribution in [0.1, 0.15) is 64.4 Å². The predicted octanol–water partition coefficient (Wildman–Crippen LogP) is 2.92. The van der Waals surface area contributed by atoms with Crippen molar-refractivity contribution in [2.45, 2.75) is 64.4 Å². The van der Waals surface area contributed by atoms with Gasteiger partial charge in [0.1, 0.15) is 5.75 Å². The van der Waals surface area contributed by atoms with E-state index < -0.39 is 5.60 Å². The van der Waals surface area contributed by atoms with Crippen LogP contribution >= 0.6 is 0 Å². The van der Waals surface area contributed by atoms with Crippen LogP contribution in [0.15, 0.2) is 24.3 Å². The molecule has 1 aliphatic heterocycles. The van der Waals surface area contributed by atoms with Gasteiger partial charge in [-0.1, -0.05) is 32.4 Å². The molecule has 1 saturated heterocycles. The summed E-state index contributed by atoms with van der Waals surface area (Å²) in [6.45, 7) is 8.62. The zero-order chi connectivity index (χ0) is 16.5. The monoisotopic (exact) mass is 320 g/mol. The molecule has 0 bridgehead atoms. The topological polar surface area (TPSA) is 33.9 Å². The first-order valence-corrected chi connectivity index (χ1v) is 9.47. The number of rotatable bonds is 9. The minimum absolute atomic E-state index is 0.702. The summed E-state index contributed by atoms with van der Waals surface area (Å²) in [5.41, 5.74) is 0.325. The summed E-state index contributed by atoms with van der Waals surface area (Å²) in [7, 11) is 0. The number of aliphatic hydroxyl groups is 1. The van der Waals surface area contributed by atoms with Gasteiger partial charge in [-0.25, -0.2) is 0 Å². The Morgan fingerprint density at radius 3 is 2.39 bits per heavy atom. The van der Waals surface area contributed by atoms with Crippen molar-refractivity contribution < 1.29 is 14.7 Å². The molecule has 1 aromatic carbocycles. The van der Waals surface area contributed by atoms with Crippen molar-refractivity contribution in [2.24, 2.45) is 0 Å². The van der Waals surface area contributed by atoms with E-state index >= 15 is 0 Å². The normalized spacial score (nSPS) is 18.6. The van der Waals surface area contributed by atoms with Crippen LogP contribution in [0, 0.1) is 0 Å². The second kappa shape index (κ2) is 9.29. The van der Waals surface area contributed by atoms with Crippen LogP contribution in [0.5, 0.6) is 5.75 Å². The largest absolute Gasteiger partial charge is 0.494 e. The molecule has 0 radical (unpaired) electrons. The van der Waals surface area contributed by atoms with Crippen LogP contribution in [0.3, 0.4) is 0 Å². The minimum Gasteiger partial charge on any atom is -0.494 e. The summed E-state index contributed by atoms with van der Waals surface area (Å²) in [5.74, 6) is 0.905.